The van der Waals surface area contributed by atoms with Gasteiger partial charge in [-0.05, 0) is 31.5 Å². The van der Waals surface area contributed by atoms with E-state index in [-0.39, 0.29) is 19.1 Å². The fourth-order valence-electron chi connectivity index (χ4n) is 2.66. The molecule has 0 spiro atoms. The molecule has 0 bridgehead atoms. The second kappa shape index (κ2) is 5.35. The van der Waals surface area contributed by atoms with E-state index in [9.17, 15) is 15.0 Å². The number of aromatic amines is 1. The predicted octanol–water partition coefficient (Wildman–Crippen LogP) is 0.0130. The largest absolute Gasteiger partial charge is 0.388 e. The van der Waals surface area contributed by atoms with Gasteiger partial charge in [0, 0.05) is 18.7 Å². The summed E-state index contributed by atoms with van der Waals surface area (Å²) in [6.45, 7) is 1.89. The number of carbonyl (C=O) groups is 1. The average Bonchev–Trinajstić information content (AvgIpc) is 2.91. The minimum atomic E-state index is -1.15. The van der Waals surface area contributed by atoms with Gasteiger partial charge < -0.3 is 25.2 Å². The van der Waals surface area contributed by atoms with Gasteiger partial charge in [-0.15, -0.1) is 0 Å². The van der Waals surface area contributed by atoms with Crippen LogP contribution in [0, 0.1) is 0 Å². The highest BCUT2D eigenvalue weighted by molar-refractivity contribution is 5.97. The number of β-amino-alcohol motifs (C(OH)–C–C–N with tert-alkyl or cyclic N) is 1. The first kappa shape index (κ1) is 15.0. The molecule has 1 saturated heterocycles. The monoisotopic (exact) mass is 305 g/mol. The summed E-state index contributed by atoms with van der Waals surface area (Å²) in [6.07, 6.45) is -0.622. The molecule has 1 aromatic heterocycles. The van der Waals surface area contributed by atoms with Crippen molar-refractivity contribution in [2.75, 3.05) is 13.1 Å². The van der Waals surface area contributed by atoms with Crippen molar-refractivity contribution in [2.45, 2.75) is 31.7 Å². The standard InChI is InChI=1S/C15H19N3O4/c1-15(22)4-5-18(7-12(15)20)14(21)9-2-3-10-11(6-9)17-13(8-19)16-10/h2-3,6,12,19-20,22H,4-5,7-8H2,1H3,(H,16,17)/t12-,15+/m0/s1. The van der Waals surface area contributed by atoms with Crippen LogP contribution < -0.4 is 0 Å². The summed E-state index contributed by atoms with van der Waals surface area (Å²) in [5.41, 5.74) is 0.691. The molecule has 2 heterocycles. The molecular formula is C15H19N3O4. The van der Waals surface area contributed by atoms with Gasteiger partial charge in [-0.3, -0.25) is 4.79 Å². The summed E-state index contributed by atoms with van der Waals surface area (Å²) >= 11 is 0. The third-order valence-corrected chi connectivity index (χ3v) is 4.21. The van der Waals surface area contributed by atoms with E-state index >= 15 is 0 Å². The smallest absolute Gasteiger partial charge is 0.254 e. The number of aliphatic hydroxyl groups is 3. The van der Waals surface area contributed by atoms with E-state index in [1.807, 2.05) is 0 Å². The molecule has 7 heteroatoms. The number of nitrogens with one attached hydrogen (secondary N) is 1. The molecule has 1 aliphatic rings. The molecule has 118 valence electrons. The molecule has 3 rings (SSSR count). The molecule has 0 aliphatic carbocycles. The lowest BCUT2D eigenvalue weighted by molar-refractivity contribution is -0.0999. The summed E-state index contributed by atoms with van der Waals surface area (Å²) in [5.74, 6) is 0.251. The van der Waals surface area contributed by atoms with Crippen molar-refractivity contribution in [1.82, 2.24) is 14.9 Å². The highest BCUT2D eigenvalue weighted by atomic mass is 16.3. The Morgan fingerprint density at radius 3 is 3.00 bits per heavy atom. The van der Waals surface area contributed by atoms with Gasteiger partial charge in [0.2, 0.25) is 0 Å². The van der Waals surface area contributed by atoms with E-state index in [4.69, 9.17) is 5.11 Å². The molecule has 4 N–H and O–H groups in total. The maximum atomic E-state index is 12.5. The van der Waals surface area contributed by atoms with Gasteiger partial charge in [-0.1, -0.05) is 0 Å². The second-order valence-electron chi connectivity index (χ2n) is 5.95. The Kier molecular flexibility index (Phi) is 3.64. The van der Waals surface area contributed by atoms with Gasteiger partial charge in [0.1, 0.15) is 12.4 Å². The normalized spacial score (nSPS) is 25.6. The van der Waals surface area contributed by atoms with Crippen molar-refractivity contribution in [3.63, 3.8) is 0 Å². The number of likely N-dealkylation sites (tertiary alicyclic amines) is 1. The van der Waals surface area contributed by atoms with Crippen LogP contribution in [0.2, 0.25) is 0 Å². The quantitative estimate of drug-likeness (QED) is 0.625. The van der Waals surface area contributed by atoms with E-state index in [0.717, 1.165) is 0 Å². The average molecular weight is 305 g/mol. The van der Waals surface area contributed by atoms with Gasteiger partial charge in [0.05, 0.1) is 22.7 Å². The van der Waals surface area contributed by atoms with Crippen molar-refractivity contribution in [2.24, 2.45) is 0 Å². The van der Waals surface area contributed by atoms with Gasteiger partial charge in [0.25, 0.3) is 5.91 Å². The summed E-state index contributed by atoms with van der Waals surface area (Å²) in [7, 11) is 0. The Morgan fingerprint density at radius 2 is 2.32 bits per heavy atom. The number of carbonyl (C=O) groups excluding carboxylic acids is 1. The van der Waals surface area contributed by atoms with Crippen LogP contribution in [0.25, 0.3) is 11.0 Å². The molecule has 0 unspecified atom stereocenters. The fourth-order valence-corrected chi connectivity index (χ4v) is 2.66. The highest BCUT2D eigenvalue weighted by Gasteiger charge is 2.38. The van der Waals surface area contributed by atoms with Gasteiger partial charge in [-0.2, -0.15) is 0 Å². The van der Waals surface area contributed by atoms with Crippen molar-refractivity contribution >= 4 is 16.9 Å². The second-order valence-corrected chi connectivity index (χ2v) is 5.95. The number of rotatable bonds is 2. The van der Waals surface area contributed by atoms with E-state index < -0.39 is 11.7 Å². The van der Waals surface area contributed by atoms with Crippen molar-refractivity contribution < 1.29 is 20.1 Å². The fraction of sp³-hybridized carbons (Fsp3) is 0.467. The molecule has 0 radical (unpaired) electrons. The molecule has 1 fully saturated rings. The maximum absolute atomic E-state index is 12.5. The number of hydrogen-bond donors (Lipinski definition) is 4. The Hall–Kier alpha value is -1.96. The number of nitrogens with zero attached hydrogens (tertiary/aromatic N) is 2. The third-order valence-electron chi connectivity index (χ3n) is 4.21. The molecule has 2 atom stereocenters. The number of benzene rings is 1. The molecule has 22 heavy (non-hydrogen) atoms. The number of amides is 1. The van der Waals surface area contributed by atoms with Crippen molar-refractivity contribution in [3.05, 3.63) is 29.6 Å². The lowest BCUT2D eigenvalue weighted by Crippen LogP contribution is -2.55. The van der Waals surface area contributed by atoms with E-state index in [1.54, 1.807) is 25.1 Å². The Morgan fingerprint density at radius 1 is 1.55 bits per heavy atom. The zero-order chi connectivity index (χ0) is 15.9. The Bertz CT molecular complexity index is 710. The number of aliphatic hydroxyl groups excluding tert-OH is 2. The van der Waals surface area contributed by atoms with E-state index in [0.29, 0.717) is 35.4 Å². The van der Waals surface area contributed by atoms with Gasteiger partial charge in [0.15, 0.2) is 0 Å². The number of aromatic nitrogens is 2. The minimum absolute atomic E-state index is 0.106. The zero-order valence-corrected chi connectivity index (χ0v) is 12.3. The maximum Gasteiger partial charge on any atom is 0.254 e. The molecule has 0 saturated carbocycles. The SMILES string of the molecule is C[C@@]1(O)CCN(C(=O)c2ccc3nc(CO)[nH]c3c2)C[C@@H]1O. The first-order valence-electron chi connectivity index (χ1n) is 7.20. The summed E-state index contributed by atoms with van der Waals surface area (Å²) in [6, 6.07) is 5.07. The predicted molar refractivity (Wildman–Crippen MR) is 79.2 cm³/mol. The van der Waals surface area contributed by atoms with Crippen LogP contribution in [0.5, 0.6) is 0 Å². The van der Waals surface area contributed by atoms with Crippen molar-refractivity contribution in [1.29, 1.82) is 0 Å². The molecule has 1 aliphatic heterocycles. The minimum Gasteiger partial charge on any atom is -0.388 e. The molecular weight excluding hydrogens is 286 g/mol. The van der Waals surface area contributed by atoms with Crippen LogP contribution in [0.1, 0.15) is 29.5 Å². The van der Waals surface area contributed by atoms with E-state index in [2.05, 4.69) is 9.97 Å². The molecule has 2 aromatic rings. The first-order chi connectivity index (χ1) is 10.4. The Labute approximate surface area is 127 Å². The van der Waals surface area contributed by atoms with Crippen LogP contribution in [-0.4, -0.2) is 60.9 Å². The summed E-state index contributed by atoms with van der Waals surface area (Å²) in [4.78, 5) is 21.2. The lowest BCUT2D eigenvalue weighted by Gasteiger charge is -2.39. The summed E-state index contributed by atoms with van der Waals surface area (Å²) < 4.78 is 0. The topological polar surface area (TPSA) is 110 Å². The number of fused-ring (bicyclic) bond motifs is 1. The molecule has 1 aromatic carbocycles. The van der Waals surface area contributed by atoms with Crippen LogP contribution in [0.15, 0.2) is 18.2 Å². The van der Waals surface area contributed by atoms with Gasteiger partial charge in [-0.25, -0.2) is 4.98 Å². The van der Waals surface area contributed by atoms with E-state index in [1.165, 1.54) is 4.90 Å². The number of imidazole rings is 1. The van der Waals surface area contributed by atoms with Gasteiger partial charge >= 0.3 is 0 Å². The van der Waals surface area contributed by atoms with Crippen LogP contribution in [-0.2, 0) is 6.61 Å². The summed E-state index contributed by atoms with van der Waals surface area (Å²) in [5, 5.41) is 29.0. The van der Waals surface area contributed by atoms with Crippen LogP contribution in [0.4, 0.5) is 0 Å². The lowest BCUT2D eigenvalue weighted by atomic mass is 9.90. The third kappa shape index (κ3) is 2.58. The molecule has 7 nitrogen and oxygen atoms in total. The highest BCUT2D eigenvalue weighted by Crippen LogP contribution is 2.24. The number of piperidine rings is 1. The number of H-pyrrole nitrogens is 1. The molecule has 1 amide bonds. The van der Waals surface area contributed by atoms with Crippen molar-refractivity contribution in [3.8, 4) is 0 Å². The Balaban J connectivity index is 1.83. The zero-order valence-electron chi connectivity index (χ0n) is 12.3. The van der Waals surface area contributed by atoms with Crippen LogP contribution in [0.3, 0.4) is 0 Å². The first-order valence-corrected chi connectivity index (χ1v) is 7.20. The van der Waals surface area contributed by atoms with Crippen LogP contribution >= 0.6 is 0 Å². The number of hydrogen-bond acceptors (Lipinski definition) is 5.